The third kappa shape index (κ3) is 2.33. The van der Waals surface area contributed by atoms with E-state index in [1.165, 1.54) is 0 Å². The van der Waals surface area contributed by atoms with Crippen LogP contribution < -0.4 is 4.74 Å². The number of aryl methyl sites for hydroxylation is 1. The molecular formula is C19H19N3O2. The molecule has 4 rings (SSSR count). The van der Waals surface area contributed by atoms with Gasteiger partial charge in [0.05, 0.1) is 30.5 Å². The molecule has 2 heterocycles. The molecule has 1 amide bonds. The number of imidazole rings is 1. The number of likely N-dealkylation sites (tertiary alicyclic amines) is 1. The minimum Gasteiger partial charge on any atom is -0.497 e. The second kappa shape index (κ2) is 5.67. The Kier molecular flexibility index (Phi) is 3.49. The summed E-state index contributed by atoms with van der Waals surface area (Å²) in [6, 6.07) is 13.8. The molecule has 5 nitrogen and oxygen atoms in total. The zero-order valence-corrected chi connectivity index (χ0v) is 13.8. The van der Waals surface area contributed by atoms with Crippen molar-refractivity contribution in [3.8, 4) is 5.75 Å². The smallest absolute Gasteiger partial charge is 0.254 e. The Morgan fingerprint density at radius 2 is 2.12 bits per heavy atom. The highest BCUT2D eigenvalue weighted by Gasteiger charge is 2.34. The largest absolute Gasteiger partial charge is 0.497 e. The summed E-state index contributed by atoms with van der Waals surface area (Å²) in [5.41, 5.74) is 3.68. The van der Waals surface area contributed by atoms with Gasteiger partial charge < -0.3 is 14.2 Å². The van der Waals surface area contributed by atoms with E-state index in [9.17, 15) is 4.79 Å². The van der Waals surface area contributed by atoms with Crippen LogP contribution in [-0.2, 0) is 7.05 Å². The number of methoxy groups -OCH3 is 1. The maximum atomic E-state index is 12.9. The first-order valence-electron chi connectivity index (χ1n) is 8.03. The molecule has 0 N–H and O–H groups in total. The molecule has 0 unspecified atom stereocenters. The van der Waals surface area contributed by atoms with Gasteiger partial charge in [0.25, 0.3) is 5.91 Å². The lowest BCUT2D eigenvalue weighted by Crippen LogP contribution is -2.45. The molecule has 1 fully saturated rings. The van der Waals surface area contributed by atoms with E-state index in [1.807, 2.05) is 52.9 Å². The number of hydrogen-bond acceptors (Lipinski definition) is 3. The van der Waals surface area contributed by atoms with Gasteiger partial charge in [-0.1, -0.05) is 12.1 Å². The molecule has 0 radical (unpaired) electrons. The number of amides is 1. The fourth-order valence-corrected chi connectivity index (χ4v) is 3.26. The van der Waals surface area contributed by atoms with Gasteiger partial charge in [0, 0.05) is 19.2 Å². The molecule has 5 heteroatoms. The molecule has 24 heavy (non-hydrogen) atoms. The quantitative estimate of drug-likeness (QED) is 0.744. The minimum atomic E-state index is 0.0571. The zero-order chi connectivity index (χ0) is 16.7. The summed E-state index contributed by atoms with van der Waals surface area (Å²) in [4.78, 5) is 19.1. The molecule has 1 aliphatic heterocycles. The lowest BCUT2D eigenvalue weighted by atomic mass is 9.93. The van der Waals surface area contributed by atoms with Gasteiger partial charge in [0.2, 0.25) is 0 Å². The van der Waals surface area contributed by atoms with Crippen molar-refractivity contribution in [2.24, 2.45) is 7.05 Å². The molecule has 0 spiro atoms. The maximum absolute atomic E-state index is 12.9. The summed E-state index contributed by atoms with van der Waals surface area (Å²) in [6.07, 6.45) is 2.74. The van der Waals surface area contributed by atoms with Crippen LogP contribution in [-0.4, -0.2) is 34.0 Å². The molecule has 0 bridgehead atoms. The first-order chi connectivity index (χ1) is 11.7. The van der Waals surface area contributed by atoms with Crippen molar-refractivity contribution in [2.45, 2.75) is 12.5 Å². The van der Waals surface area contributed by atoms with Crippen LogP contribution in [0.4, 0.5) is 0 Å². The van der Waals surface area contributed by atoms with Gasteiger partial charge >= 0.3 is 0 Å². The van der Waals surface area contributed by atoms with E-state index in [1.54, 1.807) is 13.4 Å². The Hall–Kier alpha value is -2.82. The molecule has 3 aromatic rings. The van der Waals surface area contributed by atoms with Crippen molar-refractivity contribution in [1.29, 1.82) is 0 Å². The molecule has 2 aromatic carbocycles. The molecule has 1 aromatic heterocycles. The van der Waals surface area contributed by atoms with Crippen LogP contribution in [0.25, 0.3) is 11.0 Å². The van der Waals surface area contributed by atoms with E-state index < -0.39 is 0 Å². The van der Waals surface area contributed by atoms with E-state index in [-0.39, 0.29) is 11.9 Å². The predicted octanol–water partition coefficient (Wildman–Crippen LogP) is 3.17. The minimum absolute atomic E-state index is 0.0571. The highest BCUT2D eigenvalue weighted by Crippen LogP contribution is 2.36. The van der Waals surface area contributed by atoms with Crippen LogP contribution in [0.15, 0.2) is 48.8 Å². The first-order valence-corrected chi connectivity index (χ1v) is 8.03. The highest BCUT2D eigenvalue weighted by molar-refractivity contribution is 5.98. The average molecular weight is 321 g/mol. The zero-order valence-electron chi connectivity index (χ0n) is 13.8. The van der Waals surface area contributed by atoms with Gasteiger partial charge in [-0.2, -0.15) is 0 Å². The van der Waals surface area contributed by atoms with Crippen molar-refractivity contribution < 1.29 is 9.53 Å². The molecule has 0 aliphatic carbocycles. The molecule has 122 valence electrons. The Bertz CT molecular complexity index is 916. The number of nitrogens with zero attached hydrogens (tertiary/aromatic N) is 3. The monoisotopic (exact) mass is 321 g/mol. The van der Waals surface area contributed by atoms with Crippen LogP contribution in [0.5, 0.6) is 5.75 Å². The summed E-state index contributed by atoms with van der Waals surface area (Å²) in [5.74, 6) is 0.878. The van der Waals surface area contributed by atoms with E-state index in [0.29, 0.717) is 5.56 Å². The summed E-state index contributed by atoms with van der Waals surface area (Å²) < 4.78 is 7.24. The van der Waals surface area contributed by atoms with E-state index in [0.717, 1.165) is 35.3 Å². The van der Waals surface area contributed by atoms with Crippen molar-refractivity contribution in [1.82, 2.24) is 14.5 Å². The number of carbonyl (C=O) groups is 1. The number of rotatable bonds is 3. The lowest BCUT2D eigenvalue weighted by molar-refractivity contribution is 0.0460. The lowest BCUT2D eigenvalue weighted by Gasteiger charge is -2.41. The van der Waals surface area contributed by atoms with Crippen molar-refractivity contribution in [3.63, 3.8) is 0 Å². The van der Waals surface area contributed by atoms with Gasteiger partial charge in [-0.15, -0.1) is 0 Å². The van der Waals surface area contributed by atoms with Gasteiger partial charge in [-0.05, 0) is 42.3 Å². The Morgan fingerprint density at radius 1 is 1.25 bits per heavy atom. The number of hydrogen-bond donors (Lipinski definition) is 0. The summed E-state index contributed by atoms with van der Waals surface area (Å²) >= 11 is 0. The van der Waals surface area contributed by atoms with Crippen molar-refractivity contribution in [3.05, 3.63) is 59.9 Å². The van der Waals surface area contributed by atoms with Crippen molar-refractivity contribution >= 4 is 16.9 Å². The number of carbonyl (C=O) groups excluding carboxylic acids is 1. The van der Waals surface area contributed by atoms with Gasteiger partial charge in [0.1, 0.15) is 5.75 Å². The van der Waals surface area contributed by atoms with E-state index in [4.69, 9.17) is 4.74 Å². The Morgan fingerprint density at radius 3 is 2.88 bits per heavy atom. The third-order valence-corrected chi connectivity index (χ3v) is 4.73. The normalized spacial score (nSPS) is 16.9. The average Bonchev–Trinajstić information content (AvgIpc) is 2.94. The van der Waals surface area contributed by atoms with Crippen LogP contribution in [0.2, 0.25) is 0 Å². The second-order valence-electron chi connectivity index (χ2n) is 6.14. The molecular weight excluding hydrogens is 302 g/mol. The van der Waals surface area contributed by atoms with Gasteiger partial charge in [0.15, 0.2) is 0 Å². The van der Waals surface area contributed by atoms with Gasteiger partial charge in [-0.25, -0.2) is 4.98 Å². The first kappa shape index (κ1) is 14.8. The van der Waals surface area contributed by atoms with Crippen LogP contribution >= 0.6 is 0 Å². The Balaban J connectivity index is 1.61. The molecule has 1 aliphatic rings. The predicted molar refractivity (Wildman–Crippen MR) is 92.1 cm³/mol. The van der Waals surface area contributed by atoms with Crippen LogP contribution in [0, 0.1) is 0 Å². The van der Waals surface area contributed by atoms with Crippen LogP contribution in [0.1, 0.15) is 28.4 Å². The fourth-order valence-electron chi connectivity index (χ4n) is 3.26. The standard InChI is InChI=1S/C19H19N3O2/c1-21-12-20-16-11-14(6-7-18(16)21)19(23)22-9-8-17(22)13-4-3-5-15(10-13)24-2/h3-7,10-12,17H,8-9H2,1-2H3/t17-/m0/s1. The maximum Gasteiger partial charge on any atom is 0.254 e. The van der Waals surface area contributed by atoms with E-state index in [2.05, 4.69) is 11.1 Å². The number of ether oxygens (including phenoxy) is 1. The summed E-state index contributed by atoms with van der Waals surface area (Å²) in [7, 11) is 3.61. The van der Waals surface area contributed by atoms with Crippen LogP contribution in [0.3, 0.4) is 0 Å². The van der Waals surface area contributed by atoms with E-state index >= 15 is 0 Å². The van der Waals surface area contributed by atoms with Crippen molar-refractivity contribution in [2.75, 3.05) is 13.7 Å². The summed E-state index contributed by atoms with van der Waals surface area (Å²) in [5, 5.41) is 0. The molecule has 1 saturated heterocycles. The van der Waals surface area contributed by atoms with Gasteiger partial charge in [-0.3, -0.25) is 4.79 Å². The number of aromatic nitrogens is 2. The SMILES string of the molecule is COc1cccc([C@@H]2CCN2C(=O)c2ccc3c(c2)ncn3C)c1. The number of benzene rings is 2. The fraction of sp³-hybridized carbons (Fsp3) is 0.263. The topological polar surface area (TPSA) is 47.4 Å². The Labute approximate surface area is 140 Å². The molecule has 1 atom stereocenters. The number of fused-ring (bicyclic) bond motifs is 1. The second-order valence-corrected chi connectivity index (χ2v) is 6.14. The summed E-state index contributed by atoms with van der Waals surface area (Å²) in [6.45, 7) is 0.779. The highest BCUT2D eigenvalue weighted by atomic mass is 16.5. The third-order valence-electron chi connectivity index (χ3n) is 4.73. The molecule has 0 saturated carbocycles.